The molecule has 1 aliphatic rings. The molecule has 1 aromatic rings. The van der Waals surface area contributed by atoms with Crippen LogP contribution in [0.3, 0.4) is 0 Å². The topological polar surface area (TPSA) is 40.5 Å². The Morgan fingerprint density at radius 2 is 2.47 bits per heavy atom. The van der Waals surface area contributed by atoms with Gasteiger partial charge in [-0.1, -0.05) is 13.8 Å². The van der Waals surface area contributed by atoms with Crippen molar-refractivity contribution in [3.05, 3.63) is 16.1 Å². The molecular weight excluding hydrogens is 256 g/mol. The van der Waals surface area contributed by atoms with Crippen LogP contribution in [0, 0.1) is 5.92 Å². The summed E-state index contributed by atoms with van der Waals surface area (Å²) >= 11 is 1.74. The smallest absolute Gasteiger partial charge is 0.193 e. The lowest BCUT2D eigenvalue weighted by molar-refractivity contribution is 0.266. The number of aryl methyl sites for hydroxylation is 1. The summed E-state index contributed by atoms with van der Waals surface area (Å²) in [6, 6.07) is 0. The number of piperidine rings is 1. The summed E-state index contributed by atoms with van der Waals surface area (Å²) in [5, 5.41) is 6.78. The molecule has 1 atom stereocenters. The van der Waals surface area contributed by atoms with Gasteiger partial charge in [-0.2, -0.15) is 0 Å². The van der Waals surface area contributed by atoms with Crippen molar-refractivity contribution in [3.63, 3.8) is 0 Å². The Balaban J connectivity index is 1.88. The first-order valence-electron chi connectivity index (χ1n) is 7.11. The van der Waals surface area contributed by atoms with Crippen LogP contribution < -0.4 is 5.32 Å². The van der Waals surface area contributed by atoms with Gasteiger partial charge >= 0.3 is 0 Å². The van der Waals surface area contributed by atoms with Crippen LogP contribution >= 0.6 is 11.3 Å². The van der Waals surface area contributed by atoms with E-state index in [2.05, 4.69) is 39.4 Å². The van der Waals surface area contributed by atoms with Gasteiger partial charge in [-0.25, -0.2) is 4.98 Å². The van der Waals surface area contributed by atoms with Crippen LogP contribution in [0.5, 0.6) is 0 Å². The van der Waals surface area contributed by atoms with E-state index in [9.17, 15) is 0 Å². The van der Waals surface area contributed by atoms with Crippen molar-refractivity contribution >= 4 is 17.3 Å². The lowest BCUT2D eigenvalue weighted by Gasteiger charge is -2.33. The summed E-state index contributed by atoms with van der Waals surface area (Å²) in [6.07, 6.45) is 3.61. The first-order valence-corrected chi connectivity index (χ1v) is 7.99. The molecule has 0 aliphatic carbocycles. The van der Waals surface area contributed by atoms with E-state index in [1.807, 2.05) is 7.05 Å². The van der Waals surface area contributed by atoms with E-state index in [1.165, 1.54) is 17.8 Å². The highest BCUT2D eigenvalue weighted by molar-refractivity contribution is 7.09. The highest BCUT2D eigenvalue weighted by Gasteiger charge is 2.19. The van der Waals surface area contributed by atoms with E-state index >= 15 is 0 Å². The lowest BCUT2D eigenvalue weighted by Crippen LogP contribution is -2.45. The molecular formula is C14H24N4S. The first kappa shape index (κ1) is 14.3. The zero-order valence-corrected chi connectivity index (χ0v) is 13.0. The number of hydrogen-bond acceptors (Lipinski definition) is 3. The van der Waals surface area contributed by atoms with Gasteiger partial charge in [0.1, 0.15) is 0 Å². The summed E-state index contributed by atoms with van der Waals surface area (Å²) in [5.41, 5.74) is 1.12. The molecule has 0 aromatic carbocycles. The van der Waals surface area contributed by atoms with Crippen LogP contribution in [0.15, 0.2) is 10.4 Å². The quantitative estimate of drug-likeness (QED) is 0.683. The Morgan fingerprint density at radius 1 is 1.63 bits per heavy atom. The Labute approximate surface area is 120 Å². The average molecular weight is 280 g/mol. The predicted molar refractivity (Wildman–Crippen MR) is 81.7 cm³/mol. The molecule has 1 aliphatic heterocycles. The summed E-state index contributed by atoms with van der Waals surface area (Å²) in [6.45, 7) is 7.45. The van der Waals surface area contributed by atoms with Crippen LogP contribution in [-0.2, 0) is 13.0 Å². The Morgan fingerprint density at radius 3 is 3.11 bits per heavy atom. The number of guanidine groups is 1. The molecule has 4 nitrogen and oxygen atoms in total. The van der Waals surface area contributed by atoms with Gasteiger partial charge in [-0.15, -0.1) is 11.3 Å². The maximum absolute atomic E-state index is 4.58. The monoisotopic (exact) mass is 280 g/mol. The van der Waals surface area contributed by atoms with E-state index in [1.54, 1.807) is 11.3 Å². The van der Waals surface area contributed by atoms with Crippen LogP contribution in [0.1, 0.15) is 37.4 Å². The van der Waals surface area contributed by atoms with Crippen molar-refractivity contribution < 1.29 is 0 Å². The van der Waals surface area contributed by atoms with Crippen molar-refractivity contribution in [1.29, 1.82) is 0 Å². The van der Waals surface area contributed by atoms with E-state index in [0.29, 0.717) is 0 Å². The minimum absolute atomic E-state index is 0.762. The maximum Gasteiger partial charge on any atom is 0.193 e. The molecule has 0 saturated carbocycles. The molecule has 5 heteroatoms. The second kappa shape index (κ2) is 6.89. The summed E-state index contributed by atoms with van der Waals surface area (Å²) < 4.78 is 0. The number of thiazole rings is 1. The van der Waals surface area contributed by atoms with E-state index in [-0.39, 0.29) is 0 Å². The van der Waals surface area contributed by atoms with Gasteiger partial charge in [0.05, 0.1) is 17.2 Å². The minimum atomic E-state index is 0.762. The number of aliphatic imine (C=N–C) groups is 1. The molecule has 1 N–H and O–H groups in total. The van der Waals surface area contributed by atoms with Crippen molar-refractivity contribution in [2.45, 2.75) is 39.7 Å². The van der Waals surface area contributed by atoms with Crippen molar-refractivity contribution in [2.24, 2.45) is 10.9 Å². The van der Waals surface area contributed by atoms with Gasteiger partial charge in [-0.05, 0) is 25.2 Å². The number of aromatic nitrogens is 1. The zero-order valence-electron chi connectivity index (χ0n) is 12.1. The number of likely N-dealkylation sites (tertiary alicyclic amines) is 1. The normalized spacial score (nSPS) is 20.7. The third kappa shape index (κ3) is 3.93. The van der Waals surface area contributed by atoms with E-state index < -0.39 is 0 Å². The predicted octanol–water partition coefficient (Wildman–Crippen LogP) is 2.51. The molecule has 1 unspecified atom stereocenters. The molecule has 2 heterocycles. The molecule has 0 bridgehead atoms. The number of nitrogens with one attached hydrogen (secondary N) is 1. The highest BCUT2D eigenvalue weighted by atomic mass is 32.1. The van der Waals surface area contributed by atoms with Crippen molar-refractivity contribution in [2.75, 3.05) is 20.1 Å². The number of hydrogen-bond donors (Lipinski definition) is 1. The standard InChI is InChI=1S/C14H24N4S/c1-4-13-17-12(10-19-13)8-16-14(15-3)18-7-5-6-11(2)9-18/h10-11H,4-9H2,1-3H3,(H,15,16). The number of rotatable bonds is 3. The Hall–Kier alpha value is -1.10. The van der Waals surface area contributed by atoms with Crippen LogP contribution in [0.25, 0.3) is 0 Å². The van der Waals surface area contributed by atoms with Crippen LogP contribution in [0.2, 0.25) is 0 Å². The van der Waals surface area contributed by atoms with Gasteiger partial charge in [-0.3, -0.25) is 4.99 Å². The van der Waals surface area contributed by atoms with Crippen molar-refractivity contribution in [1.82, 2.24) is 15.2 Å². The third-order valence-corrected chi connectivity index (χ3v) is 4.54. The van der Waals surface area contributed by atoms with E-state index in [4.69, 9.17) is 0 Å². The molecule has 0 amide bonds. The number of nitrogens with zero attached hydrogens (tertiary/aromatic N) is 3. The lowest BCUT2D eigenvalue weighted by atomic mass is 10.0. The fourth-order valence-corrected chi connectivity index (χ4v) is 3.22. The third-order valence-electron chi connectivity index (χ3n) is 3.50. The van der Waals surface area contributed by atoms with Gasteiger partial charge in [0.2, 0.25) is 0 Å². The Bertz CT molecular complexity index is 427. The molecule has 2 rings (SSSR count). The largest absolute Gasteiger partial charge is 0.351 e. The molecule has 1 fully saturated rings. The maximum atomic E-state index is 4.58. The molecule has 1 saturated heterocycles. The summed E-state index contributed by atoms with van der Waals surface area (Å²) in [7, 11) is 1.86. The fraction of sp³-hybridized carbons (Fsp3) is 0.714. The van der Waals surface area contributed by atoms with Gasteiger partial charge in [0.25, 0.3) is 0 Å². The molecule has 106 valence electrons. The molecule has 1 aromatic heterocycles. The second-order valence-corrected chi connectivity index (χ2v) is 6.12. The van der Waals surface area contributed by atoms with Gasteiger partial charge in [0.15, 0.2) is 5.96 Å². The first-order chi connectivity index (χ1) is 9.22. The summed E-state index contributed by atoms with van der Waals surface area (Å²) in [4.78, 5) is 11.3. The van der Waals surface area contributed by atoms with Crippen molar-refractivity contribution in [3.8, 4) is 0 Å². The zero-order chi connectivity index (χ0) is 13.7. The highest BCUT2D eigenvalue weighted by Crippen LogP contribution is 2.15. The minimum Gasteiger partial charge on any atom is -0.351 e. The van der Waals surface area contributed by atoms with E-state index in [0.717, 1.165) is 43.6 Å². The molecule has 0 radical (unpaired) electrons. The summed E-state index contributed by atoms with van der Waals surface area (Å²) in [5.74, 6) is 1.77. The fourth-order valence-electron chi connectivity index (χ4n) is 2.48. The SMILES string of the molecule is CCc1nc(CNC(=NC)N2CCCC(C)C2)cs1. The van der Waals surface area contributed by atoms with Crippen LogP contribution in [0.4, 0.5) is 0 Å². The second-order valence-electron chi connectivity index (χ2n) is 5.18. The average Bonchev–Trinajstić information content (AvgIpc) is 2.87. The Kier molecular flexibility index (Phi) is 5.19. The van der Waals surface area contributed by atoms with Crippen LogP contribution in [-0.4, -0.2) is 36.0 Å². The van der Waals surface area contributed by atoms with Gasteiger partial charge < -0.3 is 10.2 Å². The van der Waals surface area contributed by atoms with Gasteiger partial charge in [0, 0.05) is 25.5 Å². The molecule has 0 spiro atoms. The molecule has 19 heavy (non-hydrogen) atoms.